The molecule has 3 fully saturated rings. The van der Waals surface area contributed by atoms with Crippen molar-refractivity contribution in [3.05, 3.63) is 47.3 Å². The summed E-state index contributed by atoms with van der Waals surface area (Å²) in [7, 11) is 0. The average molecular weight is 486 g/mol. The molecule has 182 valence electrons. The maximum atomic E-state index is 12.9. The summed E-state index contributed by atoms with van der Waals surface area (Å²) in [4.78, 5) is 18.4. The van der Waals surface area contributed by atoms with Crippen LogP contribution in [0.1, 0.15) is 48.8 Å². The first-order chi connectivity index (χ1) is 16.0. The van der Waals surface area contributed by atoms with Crippen molar-refractivity contribution in [2.45, 2.75) is 74.1 Å². The number of nitrogens with zero attached hydrogens (tertiary/aromatic N) is 1. The highest BCUT2D eigenvalue weighted by Crippen LogP contribution is 2.65. The lowest BCUT2D eigenvalue weighted by Crippen LogP contribution is -2.78. The van der Waals surface area contributed by atoms with E-state index in [4.69, 9.17) is 4.74 Å². The number of hydrogen-bond donors (Lipinski definition) is 4. The number of amides is 1. The second-order valence-electron chi connectivity index (χ2n) is 10.9. The number of phenols is 1. The topological polar surface area (TPSA) is 97.8 Å². The normalized spacial score (nSPS) is 35.1. The highest BCUT2D eigenvalue weighted by atomic mass is 35.5. The molecule has 2 bridgehead atoms. The Balaban J connectivity index is 0.00000217. The van der Waals surface area contributed by atoms with Crippen LogP contribution in [-0.4, -0.2) is 62.9 Å². The molecule has 0 radical (unpaired) electrons. The van der Waals surface area contributed by atoms with Gasteiger partial charge in [0.2, 0.25) is 5.91 Å². The number of halogens is 1. The van der Waals surface area contributed by atoms with Crippen LogP contribution in [0.15, 0.2) is 30.6 Å². The molecule has 2 aromatic rings. The predicted octanol–water partition coefficient (Wildman–Crippen LogP) is 2.43. The number of benzene rings is 1. The number of aromatic amines is 1. The number of carbonyl (C=O) groups is 1. The zero-order chi connectivity index (χ0) is 22.4. The fourth-order valence-corrected chi connectivity index (χ4v) is 7.54. The lowest BCUT2D eigenvalue weighted by Gasteiger charge is -2.64. The molecular formula is C26H32ClN3O4. The van der Waals surface area contributed by atoms with E-state index in [2.05, 4.69) is 15.2 Å². The van der Waals surface area contributed by atoms with E-state index in [9.17, 15) is 15.0 Å². The van der Waals surface area contributed by atoms with E-state index in [1.54, 1.807) is 6.07 Å². The van der Waals surface area contributed by atoms with Gasteiger partial charge in [-0.05, 0) is 74.2 Å². The highest BCUT2D eigenvalue weighted by Gasteiger charge is 2.73. The van der Waals surface area contributed by atoms with Crippen molar-refractivity contribution < 1.29 is 19.7 Å². The molecule has 1 saturated heterocycles. The number of ether oxygens (including phenoxy) is 1. The standard InChI is InChI=1S/C26H31N3O4.ClH/c30-19-4-3-17-12-20-26(32)7-5-18(28-21(31)11-16-6-9-27-13-16)24-25(26,22(17)23(19)33-24)8-10-29(20)14-15-1-2-15;/h3-4,6,9,13,15,18,20,24,27,30,32H,1-2,5,7-8,10-12,14H2,(H,28,31);1H/t18-,20-,24+,25+,26-;/m1./s1. The Kier molecular flexibility index (Phi) is 5.00. The molecule has 1 amide bonds. The molecule has 2 aliphatic heterocycles. The lowest BCUT2D eigenvalue weighted by molar-refractivity contribution is -0.192. The molecule has 1 aromatic heterocycles. The molecule has 8 heteroatoms. The van der Waals surface area contributed by atoms with Crippen LogP contribution >= 0.6 is 12.4 Å². The number of carbonyl (C=O) groups excluding carboxylic acids is 1. The number of aliphatic hydroxyl groups is 1. The largest absolute Gasteiger partial charge is 0.504 e. The molecule has 5 atom stereocenters. The summed E-state index contributed by atoms with van der Waals surface area (Å²) in [5.74, 6) is 1.39. The SMILES string of the molecule is Cl.O=C(Cc1cc[nH]c1)N[C@@H]1CC[C@@]2(O)[C@H]3Cc4ccc(O)c5c4[C@@]2(CCN3CC2CC2)[C@H]1O5. The van der Waals surface area contributed by atoms with E-state index in [0.717, 1.165) is 43.0 Å². The Bertz CT molecular complexity index is 1120. The van der Waals surface area contributed by atoms with Crippen LogP contribution in [0.5, 0.6) is 11.5 Å². The Labute approximate surface area is 205 Å². The van der Waals surface area contributed by atoms with E-state index in [1.807, 2.05) is 24.5 Å². The van der Waals surface area contributed by atoms with Crippen LogP contribution in [0.25, 0.3) is 0 Å². The van der Waals surface area contributed by atoms with Crippen molar-refractivity contribution >= 4 is 18.3 Å². The number of aromatic hydroxyl groups is 1. The van der Waals surface area contributed by atoms with Gasteiger partial charge >= 0.3 is 0 Å². The minimum Gasteiger partial charge on any atom is -0.504 e. The zero-order valence-electron chi connectivity index (χ0n) is 19.1. The zero-order valence-corrected chi connectivity index (χ0v) is 19.9. The number of nitrogens with one attached hydrogen (secondary N) is 2. The van der Waals surface area contributed by atoms with Crippen molar-refractivity contribution in [3.8, 4) is 11.5 Å². The van der Waals surface area contributed by atoms with Crippen LogP contribution in [0.2, 0.25) is 0 Å². The summed E-state index contributed by atoms with van der Waals surface area (Å²) in [6.07, 6.45) is 9.04. The molecule has 7 rings (SSSR count). The molecule has 5 aliphatic rings. The predicted molar refractivity (Wildman–Crippen MR) is 128 cm³/mol. The van der Waals surface area contributed by atoms with Gasteiger partial charge in [-0.3, -0.25) is 9.69 Å². The molecule has 0 unspecified atom stereocenters. The molecule has 3 heterocycles. The fraction of sp³-hybridized carbons (Fsp3) is 0.577. The first-order valence-electron chi connectivity index (χ1n) is 12.4. The molecule has 3 aliphatic carbocycles. The maximum absolute atomic E-state index is 12.9. The number of H-pyrrole nitrogens is 1. The van der Waals surface area contributed by atoms with Crippen molar-refractivity contribution in [1.29, 1.82) is 0 Å². The van der Waals surface area contributed by atoms with E-state index >= 15 is 0 Å². The summed E-state index contributed by atoms with van der Waals surface area (Å²) >= 11 is 0. The molecular weight excluding hydrogens is 454 g/mol. The van der Waals surface area contributed by atoms with Crippen molar-refractivity contribution in [1.82, 2.24) is 15.2 Å². The van der Waals surface area contributed by atoms with Gasteiger partial charge in [-0.2, -0.15) is 0 Å². The molecule has 7 nitrogen and oxygen atoms in total. The maximum Gasteiger partial charge on any atom is 0.224 e. The van der Waals surface area contributed by atoms with E-state index < -0.39 is 11.0 Å². The van der Waals surface area contributed by atoms with Gasteiger partial charge in [-0.25, -0.2) is 0 Å². The Morgan fingerprint density at radius 2 is 2.09 bits per heavy atom. The van der Waals surface area contributed by atoms with Gasteiger partial charge in [0.15, 0.2) is 11.5 Å². The van der Waals surface area contributed by atoms with Gasteiger partial charge in [0.1, 0.15) is 6.10 Å². The fourth-order valence-electron chi connectivity index (χ4n) is 7.54. The summed E-state index contributed by atoms with van der Waals surface area (Å²) < 4.78 is 6.50. The number of hydrogen-bond acceptors (Lipinski definition) is 5. The van der Waals surface area contributed by atoms with Gasteiger partial charge < -0.3 is 25.3 Å². The van der Waals surface area contributed by atoms with Gasteiger partial charge in [-0.1, -0.05) is 6.07 Å². The van der Waals surface area contributed by atoms with Crippen LogP contribution in [-0.2, 0) is 23.1 Å². The van der Waals surface area contributed by atoms with Crippen molar-refractivity contribution in [2.75, 3.05) is 13.1 Å². The summed E-state index contributed by atoms with van der Waals surface area (Å²) in [5.41, 5.74) is 1.61. The summed E-state index contributed by atoms with van der Waals surface area (Å²) in [6.45, 7) is 1.98. The first-order valence-corrected chi connectivity index (χ1v) is 12.4. The van der Waals surface area contributed by atoms with Crippen molar-refractivity contribution in [2.24, 2.45) is 5.92 Å². The Hall–Kier alpha value is -2.22. The minimum atomic E-state index is -0.918. The van der Waals surface area contributed by atoms with Crippen LogP contribution in [0.4, 0.5) is 0 Å². The second kappa shape index (κ2) is 7.64. The lowest BCUT2D eigenvalue weighted by atomic mass is 9.48. The third-order valence-electron chi connectivity index (χ3n) is 9.14. The molecule has 1 spiro atoms. The van der Waals surface area contributed by atoms with Crippen molar-refractivity contribution in [3.63, 3.8) is 0 Å². The van der Waals surface area contributed by atoms with Crippen LogP contribution < -0.4 is 10.1 Å². The Morgan fingerprint density at radius 1 is 1.24 bits per heavy atom. The molecule has 2 saturated carbocycles. The number of phenolic OH excluding ortho intramolecular Hbond substituents is 1. The smallest absolute Gasteiger partial charge is 0.224 e. The van der Waals surface area contributed by atoms with Gasteiger partial charge in [-0.15, -0.1) is 12.4 Å². The number of piperidine rings is 1. The third kappa shape index (κ3) is 2.93. The molecule has 4 N–H and O–H groups in total. The van der Waals surface area contributed by atoms with Gasteiger partial charge in [0.05, 0.1) is 23.5 Å². The van der Waals surface area contributed by atoms with Crippen LogP contribution in [0, 0.1) is 5.92 Å². The quantitative estimate of drug-likeness (QED) is 0.521. The summed E-state index contributed by atoms with van der Waals surface area (Å²) in [6, 6.07) is 5.50. The number of aromatic nitrogens is 1. The van der Waals surface area contributed by atoms with E-state index in [1.165, 1.54) is 18.4 Å². The monoisotopic (exact) mass is 485 g/mol. The van der Waals surface area contributed by atoms with E-state index in [0.29, 0.717) is 25.0 Å². The summed E-state index contributed by atoms with van der Waals surface area (Å²) in [5, 5.41) is 26.4. The number of likely N-dealkylation sites (tertiary alicyclic amines) is 1. The van der Waals surface area contributed by atoms with Gasteiger partial charge in [0, 0.05) is 30.5 Å². The first kappa shape index (κ1) is 22.3. The third-order valence-corrected chi connectivity index (χ3v) is 9.14. The second-order valence-corrected chi connectivity index (χ2v) is 10.9. The molecule has 1 aromatic carbocycles. The van der Waals surface area contributed by atoms with Gasteiger partial charge in [0.25, 0.3) is 0 Å². The van der Waals surface area contributed by atoms with E-state index in [-0.39, 0.29) is 42.3 Å². The molecule has 34 heavy (non-hydrogen) atoms. The highest BCUT2D eigenvalue weighted by molar-refractivity contribution is 5.85. The average Bonchev–Trinajstić information content (AvgIpc) is 3.31. The number of rotatable bonds is 5. The van der Waals surface area contributed by atoms with Crippen LogP contribution in [0.3, 0.4) is 0 Å². The minimum absolute atomic E-state index is 0. The Morgan fingerprint density at radius 3 is 2.85 bits per heavy atom.